The van der Waals surface area contributed by atoms with Crippen molar-refractivity contribution in [3.63, 3.8) is 0 Å². The molecule has 5 heterocycles. The lowest BCUT2D eigenvalue weighted by Crippen LogP contribution is -1.95. The number of nitrogens with zero attached hydrogens (tertiary/aromatic N) is 4. The Balaban J connectivity index is 1.41. The molecule has 0 N–H and O–H groups in total. The first-order chi connectivity index (χ1) is 19.4. The first kappa shape index (κ1) is 20.6. The second kappa shape index (κ2) is 7.55. The van der Waals surface area contributed by atoms with Gasteiger partial charge in [-0.25, -0.2) is 0 Å². The van der Waals surface area contributed by atoms with Crippen LogP contribution in [0.25, 0.3) is 77.2 Å². The molecule has 39 heavy (non-hydrogen) atoms. The average molecular weight is 501 g/mol. The SMILES string of the molecule is c1ccc2c(c1)c1ccccc1n2-c1ccnc2c1oc1c(-n3c4ccccc4c4ccccc43)ccnc12. The van der Waals surface area contributed by atoms with Gasteiger partial charge in [0.15, 0.2) is 11.2 Å². The molecule has 0 fully saturated rings. The van der Waals surface area contributed by atoms with Crippen LogP contribution < -0.4 is 0 Å². The van der Waals surface area contributed by atoms with Crippen molar-refractivity contribution in [2.45, 2.75) is 0 Å². The summed E-state index contributed by atoms with van der Waals surface area (Å²) >= 11 is 0. The van der Waals surface area contributed by atoms with E-state index in [0.29, 0.717) is 0 Å². The Kier molecular flexibility index (Phi) is 3.99. The third kappa shape index (κ3) is 2.68. The Hall–Kier alpha value is -5.42. The van der Waals surface area contributed by atoms with E-state index in [-0.39, 0.29) is 0 Å². The second-order valence-corrected chi connectivity index (χ2v) is 9.86. The van der Waals surface area contributed by atoms with E-state index in [1.54, 1.807) is 0 Å². The summed E-state index contributed by atoms with van der Waals surface area (Å²) in [4.78, 5) is 9.54. The Labute approximate surface area is 222 Å². The predicted octanol–water partition coefficient (Wildman–Crippen LogP) is 8.57. The van der Waals surface area contributed by atoms with E-state index < -0.39 is 0 Å². The summed E-state index contributed by atoms with van der Waals surface area (Å²) in [6.07, 6.45) is 3.70. The van der Waals surface area contributed by atoms with E-state index >= 15 is 0 Å². The summed E-state index contributed by atoms with van der Waals surface area (Å²) in [7, 11) is 0. The molecule has 4 aromatic carbocycles. The number of hydrogen-bond acceptors (Lipinski definition) is 3. The number of aromatic nitrogens is 4. The highest BCUT2D eigenvalue weighted by Crippen LogP contribution is 2.39. The maximum atomic E-state index is 6.79. The van der Waals surface area contributed by atoms with Crippen LogP contribution in [0.3, 0.4) is 0 Å². The summed E-state index contributed by atoms with van der Waals surface area (Å²) in [5.74, 6) is 0. The summed E-state index contributed by atoms with van der Waals surface area (Å²) in [5.41, 5.74) is 9.36. The first-order valence-electron chi connectivity index (χ1n) is 13.0. The minimum atomic E-state index is 0.722. The van der Waals surface area contributed by atoms with Gasteiger partial charge in [-0.3, -0.25) is 9.97 Å². The molecule has 9 aromatic rings. The fourth-order valence-electron chi connectivity index (χ4n) is 6.23. The van der Waals surface area contributed by atoms with Crippen molar-refractivity contribution in [2.24, 2.45) is 0 Å². The Morgan fingerprint density at radius 3 is 1.10 bits per heavy atom. The topological polar surface area (TPSA) is 48.8 Å². The molecule has 182 valence electrons. The van der Waals surface area contributed by atoms with E-state index in [1.807, 2.05) is 24.5 Å². The summed E-state index contributed by atoms with van der Waals surface area (Å²) in [5, 5.41) is 4.83. The molecule has 0 spiro atoms. The van der Waals surface area contributed by atoms with Gasteiger partial charge in [0.2, 0.25) is 0 Å². The van der Waals surface area contributed by atoms with Gasteiger partial charge in [0.1, 0.15) is 11.0 Å². The number of benzene rings is 4. The molecule has 0 radical (unpaired) electrons. The Bertz CT molecular complexity index is 2130. The van der Waals surface area contributed by atoms with Crippen molar-refractivity contribution in [3.8, 4) is 11.4 Å². The summed E-state index contributed by atoms with van der Waals surface area (Å²) in [6.45, 7) is 0. The molecule has 9 rings (SSSR count). The van der Waals surface area contributed by atoms with Crippen LogP contribution in [-0.2, 0) is 0 Å². The van der Waals surface area contributed by atoms with Gasteiger partial charge in [-0.05, 0) is 36.4 Å². The van der Waals surface area contributed by atoms with E-state index in [9.17, 15) is 0 Å². The van der Waals surface area contributed by atoms with Crippen LogP contribution >= 0.6 is 0 Å². The van der Waals surface area contributed by atoms with Gasteiger partial charge >= 0.3 is 0 Å². The van der Waals surface area contributed by atoms with E-state index in [1.165, 1.54) is 21.5 Å². The quantitative estimate of drug-likeness (QED) is 0.239. The summed E-state index contributed by atoms with van der Waals surface area (Å²) < 4.78 is 11.3. The molecule has 5 aromatic heterocycles. The molecule has 0 amide bonds. The van der Waals surface area contributed by atoms with Gasteiger partial charge in [0.25, 0.3) is 0 Å². The molecule has 0 aliphatic carbocycles. The highest BCUT2D eigenvalue weighted by molar-refractivity contribution is 6.13. The van der Waals surface area contributed by atoms with Crippen LogP contribution in [-0.4, -0.2) is 19.1 Å². The Morgan fingerprint density at radius 1 is 0.410 bits per heavy atom. The molecule has 0 saturated heterocycles. The standard InChI is InChI=1S/C34H20N4O/c1-5-13-25-21(9-1)22-10-2-6-14-26(22)37(25)29-17-19-35-31-32-34(39-33(29)31)30(18-20-36-32)38-27-15-7-3-11-23(27)24-12-4-8-16-28(24)38/h1-20H. The van der Waals surface area contributed by atoms with Crippen LogP contribution in [0.1, 0.15) is 0 Å². The number of hydrogen-bond donors (Lipinski definition) is 0. The zero-order valence-electron chi connectivity index (χ0n) is 20.7. The lowest BCUT2D eigenvalue weighted by atomic mass is 10.2. The average Bonchev–Trinajstić information content (AvgIpc) is 3.65. The van der Waals surface area contributed by atoms with Crippen LogP contribution in [0.5, 0.6) is 0 Å². The van der Waals surface area contributed by atoms with Gasteiger partial charge in [-0.15, -0.1) is 0 Å². The number of pyridine rings is 2. The zero-order chi connectivity index (χ0) is 25.5. The molecule has 0 bridgehead atoms. The smallest absolute Gasteiger partial charge is 0.179 e. The van der Waals surface area contributed by atoms with Crippen molar-refractivity contribution in [1.29, 1.82) is 0 Å². The minimum absolute atomic E-state index is 0.722. The highest BCUT2D eigenvalue weighted by Gasteiger charge is 2.22. The van der Waals surface area contributed by atoms with Crippen LogP contribution in [0.4, 0.5) is 0 Å². The molecule has 0 atom stereocenters. The molecule has 0 aliphatic rings. The third-order valence-electron chi connectivity index (χ3n) is 7.84. The number of fused-ring (bicyclic) bond motifs is 9. The predicted molar refractivity (Wildman–Crippen MR) is 158 cm³/mol. The lowest BCUT2D eigenvalue weighted by Gasteiger charge is -2.08. The molecule has 0 saturated carbocycles. The van der Waals surface area contributed by atoms with E-state index in [2.05, 4.69) is 106 Å². The maximum absolute atomic E-state index is 6.79. The van der Waals surface area contributed by atoms with Crippen LogP contribution in [0.15, 0.2) is 126 Å². The lowest BCUT2D eigenvalue weighted by molar-refractivity contribution is 0.662. The van der Waals surface area contributed by atoms with Gasteiger partial charge in [0.05, 0.1) is 33.4 Å². The van der Waals surface area contributed by atoms with Gasteiger partial charge < -0.3 is 13.6 Å². The van der Waals surface area contributed by atoms with Crippen molar-refractivity contribution < 1.29 is 4.42 Å². The van der Waals surface area contributed by atoms with Crippen molar-refractivity contribution >= 4 is 65.8 Å². The first-order valence-corrected chi connectivity index (χ1v) is 13.0. The monoisotopic (exact) mass is 500 g/mol. The van der Waals surface area contributed by atoms with Gasteiger partial charge in [-0.1, -0.05) is 72.8 Å². The van der Waals surface area contributed by atoms with E-state index in [4.69, 9.17) is 14.4 Å². The number of rotatable bonds is 2. The largest absolute Gasteiger partial charge is 0.448 e. The highest BCUT2D eigenvalue weighted by atomic mass is 16.3. The fourth-order valence-corrected chi connectivity index (χ4v) is 6.23. The molecule has 5 nitrogen and oxygen atoms in total. The normalized spacial score (nSPS) is 12.1. The maximum Gasteiger partial charge on any atom is 0.179 e. The summed E-state index contributed by atoms with van der Waals surface area (Å²) in [6, 6.07) is 38.1. The molecule has 0 aliphatic heterocycles. The second-order valence-electron chi connectivity index (χ2n) is 9.86. The van der Waals surface area contributed by atoms with Crippen LogP contribution in [0, 0.1) is 0 Å². The zero-order valence-corrected chi connectivity index (χ0v) is 20.7. The molecule has 5 heteroatoms. The third-order valence-corrected chi connectivity index (χ3v) is 7.84. The van der Waals surface area contributed by atoms with Crippen LogP contribution in [0.2, 0.25) is 0 Å². The van der Waals surface area contributed by atoms with Gasteiger partial charge in [-0.2, -0.15) is 0 Å². The van der Waals surface area contributed by atoms with Crippen molar-refractivity contribution in [1.82, 2.24) is 19.1 Å². The number of para-hydroxylation sites is 4. The molecule has 0 unspecified atom stereocenters. The van der Waals surface area contributed by atoms with Crippen molar-refractivity contribution in [2.75, 3.05) is 0 Å². The van der Waals surface area contributed by atoms with Gasteiger partial charge in [0, 0.05) is 33.9 Å². The number of furan rings is 1. The fraction of sp³-hybridized carbons (Fsp3) is 0. The minimum Gasteiger partial charge on any atom is -0.448 e. The Morgan fingerprint density at radius 2 is 0.744 bits per heavy atom. The molecular weight excluding hydrogens is 480 g/mol. The van der Waals surface area contributed by atoms with Crippen molar-refractivity contribution in [3.05, 3.63) is 122 Å². The molecular formula is C34H20N4O. The van der Waals surface area contributed by atoms with E-state index in [0.717, 1.165) is 55.6 Å².